The summed E-state index contributed by atoms with van der Waals surface area (Å²) < 4.78 is 5.11. The predicted octanol–water partition coefficient (Wildman–Crippen LogP) is 2.48. The summed E-state index contributed by atoms with van der Waals surface area (Å²) in [5, 5.41) is 2.38. The first-order chi connectivity index (χ1) is 6.72. The van der Waals surface area contributed by atoms with Gasteiger partial charge in [0.1, 0.15) is 0 Å². The Bertz CT molecular complexity index is 485. The molecule has 0 aliphatic rings. The van der Waals surface area contributed by atoms with Gasteiger partial charge in [0.2, 0.25) is 5.88 Å². The number of halogens is 1. The van der Waals surface area contributed by atoms with Gasteiger partial charge < -0.3 is 10.5 Å². The van der Waals surface area contributed by atoms with Crippen molar-refractivity contribution in [1.29, 1.82) is 0 Å². The lowest BCUT2D eigenvalue weighted by Gasteiger charge is -2.06. The number of aromatic nitrogens is 1. The summed E-state index contributed by atoms with van der Waals surface area (Å²) in [6, 6.07) is 5.44. The van der Waals surface area contributed by atoms with Gasteiger partial charge in [0.05, 0.1) is 19.0 Å². The van der Waals surface area contributed by atoms with Gasteiger partial charge in [-0.15, -0.1) is 0 Å². The second-order valence-corrected chi connectivity index (χ2v) is 3.35. The largest absolute Gasteiger partial charge is 0.481 e. The molecule has 0 aliphatic carbocycles. The molecule has 0 fully saturated rings. The van der Waals surface area contributed by atoms with Crippen LogP contribution in [-0.2, 0) is 0 Å². The smallest absolute Gasteiger partial charge is 0.221 e. The van der Waals surface area contributed by atoms with Gasteiger partial charge in [-0.05, 0) is 12.1 Å². The van der Waals surface area contributed by atoms with Crippen LogP contribution in [0.25, 0.3) is 10.8 Å². The summed E-state index contributed by atoms with van der Waals surface area (Å²) in [6.07, 6.45) is 1.58. The molecule has 72 valence electrons. The molecule has 0 bridgehead atoms. The normalized spacial score (nSPS) is 10.4. The fourth-order valence-corrected chi connectivity index (χ4v) is 1.55. The van der Waals surface area contributed by atoms with Crippen LogP contribution >= 0.6 is 11.6 Å². The van der Waals surface area contributed by atoms with Crippen molar-refractivity contribution in [2.24, 2.45) is 0 Å². The Morgan fingerprint density at radius 3 is 2.86 bits per heavy atom. The molecule has 3 nitrogen and oxygen atoms in total. The monoisotopic (exact) mass is 208 g/mol. The molecule has 1 aromatic heterocycles. The van der Waals surface area contributed by atoms with Crippen LogP contribution in [0.4, 0.5) is 5.69 Å². The van der Waals surface area contributed by atoms with E-state index in [0.717, 1.165) is 10.8 Å². The molecule has 2 aromatic rings. The first-order valence-electron chi connectivity index (χ1n) is 4.10. The number of nitrogen functional groups attached to an aromatic ring is 1. The molecule has 0 radical (unpaired) electrons. The van der Waals surface area contributed by atoms with Crippen molar-refractivity contribution in [2.75, 3.05) is 12.8 Å². The second-order valence-electron chi connectivity index (χ2n) is 2.91. The van der Waals surface area contributed by atoms with Gasteiger partial charge in [0, 0.05) is 15.8 Å². The number of hydrogen-bond acceptors (Lipinski definition) is 3. The highest BCUT2D eigenvalue weighted by Crippen LogP contribution is 2.29. The third-order valence-electron chi connectivity index (χ3n) is 2.04. The summed E-state index contributed by atoms with van der Waals surface area (Å²) in [4.78, 5) is 4.06. The molecular weight excluding hydrogens is 200 g/mol. The third kappa shape index (κ3) is 1.36. The molecule has 0 unspecified atom stereocenters. The SMILES string of the molecule is COc1ncc(N)c2ccc(Cl)cc12. The van der Waals surface area contributed by atoms with Gasteiger partial charge in [-0.3, -0.25) is 0 Å². The fourth-order valence-electron chi connectivity index (χ4n) is 1.38. The molecule has 0 aliphatic heterocycles. The molecule has 0 saturated carbocycles. The minimum absolute atomic E-state index is 0.539. The van der Waals surface area contributed by atoms with E-state index in [2.05, 4.69) is 4.98 Å². The van der Waals surface area contributed by atoms with Crippen LogP contribution in [-0.4, -0.2) is 12.1 Å². The highest BCUT2D eigenvalue weighted by Gasteiger charge is 2.05. The Kier molecular flexibility index (Phi) is 2.17. The van der Waals surface area contributed by atoms with Crippen LogP contribution < -0.4 is 10.5 Å². The lowest BCUT2D eigenvalue weighted by atomic mass is 10.1. The molecule has 1 aromatic carbocycles. The number of anilines is 1. The van der Waals surface area contributed by atoms with Crippen molar-refractivity contribution in [3.8, 4) is 5.88 Å². The molecule has 1 heterocycles. The molecule has 0 atom stereocenters. The van der Waals surface area contributed by atoms with Crippen LogP contribution in [0, 0.1) is 0 Å². The number of methoxy groups -OCH3 is 1. The Hall–Kier alpha value is -1.48. The fraction of sp³-hybridized carbons (Fsp3) is 0.100. The minimum atomic E-state index is 0.539. The highest BCUT2D eigenvalue weighted by atomic mass is 35.5. The average Bonchev–Trinajstić information content (AvgIpc) is 2.18. The number of ether oxygens (including phenoxy) is 1. The summed E-state index contributed by atoms with van der Waals surface area (Å²) in [6.45, 7) is 0. The Labute approximate surface area is 86.5 Å². The van der Waals surface area contributed by atoms with Crippen LogP contribution in [0.15, 0.2) is 24.4 Å². The van der Waals surface area contributed by atoms with E-state index < -0.39 is 0 Å². The lowest BCUT2D eigenvalue weighted by Crippen LogP contribution is -1.93. The van der Waals surface area contributed by atoms with Gasteiger partial charge in [0.25, 0.3) is 0 Å². The van der Waals surface area contributed by atoms with E-state index in [-0.39, 0.29) is 0 Å². The summed E-state index contributed by atoms with van der Waals surface area (Å²) >= 11 is 5.88. The van der Waals surface area contributed by atoms with Crippen LogP contribution in [0.3, 0.4) is 0 Å². The van der Waals surface area contributed by atoms with E-state index >= 15 is 0 Å². The second kappa shape index (κ2) is 3.35. The number of nitrogens with zero attached hydrogens (tertiary/aromatic N) is 1. The van der Waals surface area contributed by atoms with Crippen LogP contribution in [0.1, 0.15) is 0 Å². The molecule has 0 amide bonds. The molecular formula is C10H9ClN2O. The zero-order valence-corrected chi connectivity index (χ0v) is 8.38. The van der Waals surface area contributed by atoms with Crippen molar-refractivity contribution in [3.63, 3.8) is 0 Å². The van der Waals surface area contributed by atoms with Crippen molar-refractivity contribution in [3.05, 3.63) is 29.4 Å². The van der Waals surface area contributed by atoms with E-state index in [1.54, 1.807) is 25.4 Å². The van der Waals surface area contributed by atoms with E-state index in [1.807, 2.05) is 6.07 Å². The van der Waals surface area contributed by atoms with E-state index in [1.165, 1.54) is 0 Å². The number of rotatable bonds is 1. The number of pyridine rings is 1. The standard InChI is InChI=1S/C10H9ClN2O/c1-14-10-8-4-6(11)2-3-7(8)9(12)5-13-10/h2-5H,12H2,1H3. The topological polar surface area (TPSA) is 48.1 Å². The summed E-state index contributed by atoms with van der Waals surface area (Å²) in [5.74, 6) is 0.539. The number of hydrogen-bond donors (Lipinski definition) is 1. The average molecular weight is 209 g/mol. The summed E-state index contributed by atoms with van der Waals surface area (Å²) in [5.41, 5.74) is 6.39. The maximum Gasteiger partial charge on any atom is 0.221 e. The Morgan fingerprint density at radius 2 is 2.14 bits per heavy atom. The van der Waals surface area contributed by atoms with E-state index in [4.69, 9.17) is 22.1 Å². The highest BCUT2D eigenvalue weighted by molar-refractivity contribution is 6.31. The zero-order chi connectivity index (χ0) is 10.1. The van der Waals surface area contributed by atoms with Crippen molar-refractivity contribution >= 4 is 28.1 Å². The van der Waals surface area contributed by atoms with Crippen LogP contribution in [0.5, 0.6) is 5.88 Å². The van der Waals surface area contributed by atoms with Gasteiger partial charge in [-0.2, -0.15) is 0 Å². The van der Waals surface area contributed by atoms with E-state index in [9.17, 15) is 0 Å². The van der Waals surface area contributed by atoms with Crippen molar-refractivity contribution < 1.29 is 4.74 Å². The molecule has 4 heteroatoms. The van der Waals surface area contributed by atoms with E-state index in [0.29, 0.717) is 16.6 Å². The maximum absolute atomic E-state index is 5.88. The quantitative estimate of drug-likeness (QED) is 0.783. The maximum atomic E-state index is 5.88. The van der Waals surface area contributed by atoms with Crippen LogP contribution in [0.2, 0.25) is 5.02 Å². The minimum Gasteiger partial charge on any atom is -0.481 e. The van der Waals surface area contributed by atoms with Gasteiger partial charge in [-0.1, -0.05) is 17.7 Å². The zero-order valence-electron chi connectivity index (χ0n) is 7.62. The number of benzene rings is 1. The molecule has 14 heavy (non-hydrogen) atoms. The first-order valence-corrected chi connectivity index (χ1v) is 4.48. The molecule has 0 saturated heterocycles. The molecule has 2 N–H and O–H groups in total. The molecule has 2 rings (SSSR count). The van der Waals surface area contributed by atoms with Gasteiger partial charge in [-0.25, -0.2) is 4.98 Å². The van der Waals surface area contributed by atoms with Crippen molar-refractivity contribution in [2.45, 2.75) is 0 Å². The van der Waals surface area contributed by atoms with Gasteiger partial charge >= 0.3 is 0 Å². The Morgan fingerprint density at radius 1 is 1.36 bits per heavy atom. The number of nitrogens with two attached hydrogens (primary N) is 1. The molecule has 0 spiro atoms. The van der Waals surface area contributed by atoms with Crippen molar-refractivity contribution in [1.82, 2.24) is 4.98 Å². The third-order valence-corrected chi connectivity index (χ3v) is 2.27. The lowest BCUT2D eigenvalue weighted by molar-refractivity contribution is 0.403. The first kappa shape index (κ1) is 9.09. The predicted molar refractivity (Wildman–Crippen MR) is 57.7 cm³/mol. The number of fused-ring (bicyclic) bond motifs is 1. The Balaban J connectivity index is 2.85. The van der Waals surface area contributed by atoms with Gasteiger partial charge in [0.15, 0.2) is 0 Å². The summed E-state index contributed by atoms with van der Waals surface area (Å²) in [7, 11) is 1.57.